The highest BCUT2D eigenvalue weighted by Crippen LogP contribution is 2.20. The topological polar surface area (TPSA) is 88.6 Å². The van der Waals surface area contributed by atoms with Crippen LogP contribution in [0.3, 0.4) is 0 Å². The van der Waals surface area contributed by atoms with Gasteiger partial charge in [-0.3, -0.25) is 4.79 Å². The van der Waals surface area contributed by atoms with Crippen molar-refractivity contribution in [3.05, 3.63) is 70.2 Å². The molecule has 0 aliphatic rings. The summed E-state index contributed by atoms with van der Waals surface area (Å²) in [5, 5.41) is 13.6. The Labute approximate surface area is 167 Å². The average molecular weight is 399 g/mol. The maximum Gasteiger partial charge on any atom is 0.339 e. The molecule has 1 amide bonds. The lowest BCUT2D eigenvalue weighted by molar-refractivity contribution is -0.129. The Bertz CT molecular complexity index is 1070. The number of amides is 1. The zero-order chi connectivity index (χ0) is 21.3. The van der Waals surface area contributed by atoms with Crippen molar-refractivity contribution in [1.29, 1.82) is 0 Å². The fourth-order valence-electron chi connectivity index (χ4n) is 3.21. The van der Waals surface area contributed by atoms with E-state index in [4.69, 9.17) is 9.52 Å². The van der Waals surface area contributed by atoms with E-state index in [1.54, 1.807) is 30.8 Å². The molecule has 0 spiro atoms. The van der Waals surface area contributed by atoms with E-state index in [1.807, 2.05) is 13.8 Å². The molecule has 152 valence electrons. The van der Waals surface area contributed by atoms with Crippen molar-refractivity contribution in [2.75, 3.05) is 7.05 Å². The second kappa shape index (κ2) is 7.90. The number of aromatic carboxylic acids is 1. The molecule has 2 heterocycles. The van der Waals surface area contributed by atoms with Gasteiger partial charge in [0.05, 0.1) is 24.3 Å². The lowest BCUT2D eigenvalue weighted by Gasteiger charge is -2.16. The first-order valence-corrected chi connectivity index (χ1v) is 9.05. The van der Waals surface area contributed by atoms with Crippen LogP contribution in [0.5, 0.6) is 0 Å². The van der Waals surface area contributed by atoms with E-state index in [2.05, 4.69) is 5.10 Å². The SMILES string of the molecule is Cc1nn(-c2ccc(F)cc2)c(C)c1CC(=O)N(C)Cc1cc(C(=O)O)c(C)o1. The zero-order valence-electron chi connectivity index (χ0n) is 16.7. The molecule has 0 atom stereocenters. The van der Waals surface area contributed by atoms with Gasteiger partial charge in [0.15, 0.2) is 0 Å². The van der Waals surface area contributed by atoms with Gasteiger partial charge in [-0.25, -0.2) is 13.9 Å². The summed E-state index contributed by atoms with van der Waals surface area (Å²) < 4.78 is 20.3. The number of aromatic nitrogens is 2. The number of carboxylic acids is 1. The summed E-state index contributed by atoms with van der Waals surface area (Å²) in [5.41, 5.74) is 3.13. The highest BCUT2D eigenvalue weighted by molar-refractivity contribution is 5.88. The summed E-state index contributed by atoms with van der Waals surface area (Å²) in [6, 6.07) is 7.42. The molecular weight excluding hydrogens is 377 g/mol. The van der Waals surface area contributed by atoms with Gasteiger partial charge in [-0.2, -0.15) is 5.10 Å². The first-order chi connectivity index (χ1) is 13.7. The number of furan rings is 1. The van der Waals surface area contributed by atoms with Crippen LogP contribution >= 0.6 is 0 Å². The molecule has 0 aliphatic heterocycles. The first-order valence-electron chi connectivity index (χ1n) is 9.05. The minimum Gasteiger partial charge on any atom is -0.478 e. The number of halogens is 1. The highest BCUT2D eigenvalue weighted by atomic mass is 19.1. The van der Waals surface area contributed by atoms with Gasteiger partial charge in [-0.15, -0.1) is 0 Å². The summed E-state index contributed by atoms with van der Waals surface area (Å²) in [5.74, 6) is -0.829. The van der Waals surface area contributed by atoms with Gasteiger partial charge < -0.3 is 14.4 Å². The molecule has 7 nitrogen and oxygen atoms in total. The van der Waals surface area contributed by atoms with Crippen molar-refractivity contribution in [3.63, 3.8) is 0 Å². The molecule has 3 aromatic rings. The number of rotatable bonds is 6. The predicted molar refractivity (Wildman–Crippen MR) is 104 cm³/mol. The van der Waals surface area contributed by atoms with E-state index in [0.29, 0.717) is 17.2 Å². The normalized spacial score (nSPS) is 10.9. The van der Waals surface area contributed by atoms with Crippen LogP contribution in [-0.2, 0) is 17.8 Å². The second-order valence-corrected chi connectivity index (χ2v) is 6.95. The smallest absolute Gasteiger partial charge is 0.339 e. The van der Waals surface area contributed by atoms with Gasteiger partial charge in [0.2, 0.25) is 5.91 Å². The molecule has 0 fully saturated rings. The van der Waals surface area contributed by atoms with Gasteiger partial charge in [-0.05, 0) is 51.1 Å². The Kier molecular flexibility index (Phi) is 5.54. The number of hydrogen-bond acceptors (Lipinski definition) is 4. The molecule has 1 N–H and O–H groups in total. The number of carbonyl (C=O) groups excluding carboxylic acids is 1. The van der Waals surface area contributed by atoms with Crippen molar-refractivity contribution < 1.29 is 23.5 Å². The quantitative estimate of drug-likeness (QED) is 0.686. The summed E-state index contributed by atoms with van der Waals surface area (Å²) in [6.07, 6.45) is 0.140. The molecule has 0 saturated heterocycles. The first kappa shape index (κ1) is 20.3. The monoisotopic (exact) mass is 399 g/mol. The molecule has 0 unspecified atom stereocenters. The van der Waals surface area contributed by atoms with Gasteiger partial charge in [-0.1, -0.05) is 0 Å². The van der Waals surface area contributed by atoms with E-state index in [-0.39, 0.29) is 30.3 Å². The fourth-order valence-corrected chi connectivity index (χ4v) is 3.21. The van der Waals surface area contributed by atoms with Crippen molar-refractivity contribution in [1.82, 2.24) is 14.7 Å². The third-order valence-electron chi connectivity index (χ3n) is 4.86. The Hall–Kier alpha value is -3.42. The minimum absolute atomic E-state index is 0.0908. The Morgan fingerprint density at radius 1 is 1.21 bits per heavy atom. The third-order valence-corrected chi connectivity index (χ3v) is 4.86. The van der Waals surface area contributed by atoms with E-state index < -0.39 is 5.97 Å². The number of aryl methyl sites for hydroxylation is 2. The van der Waals surface area contributed by atoms with E-state index in [9.17, 15) is 14.0 Å². The number of nitrogens with zero attached hydrogens (tertiary/aromatic N) is 3. The lowest BCUT2D eigenvalue weighted by Crippen LogP contribution is -2.27. The minimum atomic E-state index is -1.06. The zero-order valence-corrected chi connectivity index (χ0v) is 16.7. The Morgan fingerprint density at radius 2 is 1.86 bits per heavy atom. The average Bonchev–Trinajstić information content (AvgIpc) is 3.16. The molecule has 0 bridgehead atoms. The molecule has 8 heteroatoms. The fraction of sp³-hybridized carbons (Fsp3) is 0.286. The Morgan fingerprint density at radius 3 is 2.45 bits per heavy atom. The van der Waals surface area contributed by atoms with E-state index in [0.717, 1.165) is 17.0 Å². The van der Waals surface area contributed by atoms with Crippen LogP contribution in [0.15, 0.2) is 34.7 Å². The molecule has 0 aliphatic carbocycles. The van der Waals surface area contributed by atoms with Crippen molar-refractivity contribution in [2.24, 2.45) is 0 Å². The molecule has 0 radical (unpaired) electrons. The van der Waals surface area contributed by atoms with Crippen molar-refractivity contribution >= 4 is 11.9 Å². The van der Waals surface area contributed by atoms with Gasteiger partial charge in [0, 0.05) is 18.3 Å². The number of hydrogen-bond donors (Lipinski definition) is 1. The highest BCUT2D eigenvalue weighted by Gasteiger charge is 2.20. The number of likely N-dealkylation sites (N-methyl/N-ethyl adjacent to an activating group) is 1. The van der Waals surface area contributed by atoms with Crippen LogP contribution in [0.2, 0.25) is 0 Å². The molecule has 0 saturated carbocycles. The van der Waals surface area contributed by atoms with Crippen LogP contribution in [0.4, 0.5) is 4.39 Å². The maximum atomic E-state index is 13.2. The summed E-state index contributed by atoms with van der Waals surface area (Å²) in [4.78, 5) is 25.3. The van der Waals surface area contributed by atoms with Crippen LogP contribution in [0, 0.1) is 26.6 Å². The number of carbonyl (C=O) groups is 2. The summed E-state index contributed by atoms with van der Waals surface area (Å²) >= 11 is 0. The largest absolute Gasteiger partial charge is 0.478 e. The number of carboxylic acid groups (broad SMARTS) is 1. The van der Waals surface area contributed by atoms with Crippen LogP contribution in [-0.4, -0.2) is 38.7 Å². The second-order valence-electron chi connectivity index (χ2n) is 6.95. The van der Waals surface area contributed by atoms with Crippen molar-refractivity contribution in [2.45, 2.75) is 33.7 Å². The van der Waals surface area contributed by atoms with Gasteiger partial charge in [0.1, 0.15) is 22.9 Å². The van der Waals surface area contributed by atoms with E-state index >= 15 is 0 Å². The van der Waals surface area contributed by atoms with E-state index in [1.165, 1.54) is 23.1 Å². The molecule has 1 aromatic carbocycles. The standard InChI is InChI=1S/C21H22FN3O4/c1-12-18(13(2)25(23-12)16-7-5-15(22)6-8-16)10-20(26)24(4)11-17-9-19(21(27)28)14(3)29-17/h5-9H,10-11H2,1-4H3,(H,27,28). The molecular formula is C21H22FN3O4. The molecule has 29 heavy (non-hydrogen) atoms. The number of benzene rings is 1. The van der Waals surface area contributed by atoms with Crippen LogP contribution < -0.4 is 0 Å². The van der Waals surface area contributed by atoms with Gasteiger partial charge in [0.25, 0.3) is 0 Å². The third kappa shape index (κ3) is 4.21. The van der Waals surface area contributed by atoms with Crippen LogP contribution in [0.1, 0.15) is 38.8 Å². The lowest BCUT2D eigenvalue weighted by atomic mass is 10.1. The van der Waals surface area contributed by atoms with Crippen molar-refractivity contribution in [3.8, 4) is 5.69 Å². The summed E-state index contributed by atoms with van der Waals surface area (Å²) in [7, 11) is 1.63. The van der Waals surface area contributed by atoms with Crippen LogP contribution in [0.25, 0.3) is 5.69 Å². The Balaban J connectivity index is 1.75. The van der Waals surface area contributed by atoms with Gasteiger partial charge >= 0.3 is 5.97 Å². The molecule has 3 rings (SSSR count). The molecule has 2 aromatic heterocycles. The summed E-state index contributed by atoms with van der Waals surface area (Å²) in [6.45, 7) is 5.42. The maximum absolute atomic E-state index is 13.2. The predicted octanol–water partition coefficient (Wildman–Crippen LogP) is 3.43.